The molecule has 0 saturated carbocycles. The van der Waals surface area contributed by atoms with Gasteiger partial charge in [-0.1, -0.05) is 54.6 Å². The molecular weight excluding hydrogens is 386 g/mol. The van der Waals surface area contributed by atoms with Crippen molar-refractivity contribution >= 4 is 22.6 Å². The number of amides is 1. The highest BCUT2D eigenvalue weighted by Crippen LogP contribution is 2.37. The molecule has 1 aliphatic heterocycles. The summed E-state index contributed by atoms with van der Waals surface area (Å²) in [6, 6.07) is 26.4. The molecule has 156 valence electrons. The van der Waals surface area contributed by atoms with E-state index in [9.17, 15) is 4.79 Å². The van der Waals surface area contributed by atoms with Crippen LogP contribution < -0.4 is 9.64 Å². The summed E-state index contributed by atoms with van der Waals surface area (Å²) in [5, 5.41) is 0. The number of imidazole rings is 1. The van der Waals surface area contributed by atoms with Crippen LogP contribution in [0.5, 0.6) is 5.75 Å². The lowest BCUT2D eigenvalue weighted by Crippen LogP contribution is -2.25. The first kappa shape index (κ1) is 19.4. The number of nitrogens with zero attached hydrogens (tertiary/aromatic N) is 3. The zero-order valence-electron chi connectivity index (χ0n) is 17.6. The molecule has 3 aromatic carbocycles. The zero-order chi connectivity index (χ0) is 21.2. The minimum absolute atomic E-state index is 0.0422. The number of benzene rings is 3. The predicted octanol–water partition coefficient (Wildman–Crippen LogP) is 4.81. The van der Waals surface area contributed by atoms with E-state index < -0.39 is 0 Å². The fourth-order valence-corrected chi connectivity index (χ4v) is 4.49. The second-order valence-corrected chi connectivity index (χ2v) is 7.92. The van der Waals surface area contributed by atoms with Crippen LogP contribution in [0.15, 0.2) is 78.9 Å². The molecule has 31 heavy (non-hydrogen) atoms. The summed E-state index contributed by atoms with van der Waals surface area (Å²) in [5.41, 5.74) is 4.22. The number of para-hydroxylation sites is 4. The summed E-state index contributed by atoms with van der Waals surface area (Å²) in [7, 11) is 1.64. The Morgan fingerprint density at radius 2 is 1.71 bits per heavy atom. The van der Waals surface area contributed by atoms with E-state index in [1.807, 2.05) is 53.4 Å². The molecule has 1 aromatic heterocycles. The monoisotopic (exact) mass is 411 g/mol. The molecule has 4 aromatic rings. The highest BCUT2D eigenvalue weighted by Gasteiger charge is 2.35. The first-order valence-corrected chi connectivity index (χ1v) is 10.7. The summed E-state index contributed by atoms with van der Waals surface area (Å²) >= 11 is 0. The number of carbonyl (C=O) groups is 1. The van der Waals surface area contributed by atoms with Crippen LogP contribution in [0.25, 0.3) is 11.0 Å². The SMILES string of the molecule is COc1ccccc1N1C[C@@H](c2nc3ccccc3n2CCc2ccccc2)CC1=O. The highest BCUT2D eigenvalue weighted by atomic mass is 16.5. The van der Waals surface area contributed by atoms with Gasteiger partial charge in [-0.25, -0.2) is 4.98 Å². The van der Waals surface area contributed by atoms with Crippen molar-refractivity contribution in [2.75, 3.05) is 18.6 Å². The van der Waals surface area contributed by atoms with E-state index in [1.165, 1.54) is 5.56 Å². The minimum Gasteiger partial charge on any atom is -0.495 e. The van der Waals surface area contributed by atoms with Gasteiger partial charge in [0, 0.05) is 25.4 Å². The quantitative estimate of drug-likeness (QED) is 0.458. The lowest BCUT2D eigenvalue weighted by atomic mass is 10.1. The number of aryl methyl sites for hydroxylation is 2. The van der Waals surface area contributed by atoms with Crippen molar-refractivity contribution in [3.05, 3.63) is 90.3 Å². The average Bonchev–Trinajstić information content (AvgIpc) is 3.38. The Kier molecular flexibility index (Phi) is 5.16. The van der Waals surface area contributed by atoms with E-state index in [-0.39, 0.29) is 11.8 Å². The first-order valence-electron chi connectivity index (χ1n) is 10.7. The fourth-order valence-electron chi connectivity index (χ4n) is 4.49. The lowest BCUT2D eigenvalue weighted by molar-refractivity contribution is -0.117. The maximum atomic E-state index is 13.0. The van der Waals surface area contributed by atoms with E-state index in [2.05, 4.69) is 34.9 Å². The molecule has 1 aliphatic rings. The van der Waals surface area contributed by atoms with Crippen LogP contribution in [-0.2, 0) is 17.8 Å². The molecule has 1 fully saturated rings. The molecular formula is C26H25N3O2. The van der Waals surface area contributed by atoms with Gasteiger partial charge in [-0.15, -0.1) is 0 Å². The largest absolute Gasteiger partial charge is 0.495 e. The molecule has 5 heteroatoms. The van der Waals surface area contributed by atoms with Crippen LogP contribution >= 0.6 is 0 Å². The number of hydrogen-bond donors (Lipinski definition) is 0. The third kappa shape index (κ3) is 3.67. The minimum atomic E-state index is 0.0422. The van der Waals surface area contributed by atoms with Gasteiger partial charge in [0.2, 0.25) is 5.91 Å². The number of ether oxygens (including phenoxy) is 1. The van der Waals surface area contributed by atoms with Crippen LogP contribution in [-0.4, -0.2) is 29.1 Å². The van der Waals surface area contributed by atoms with Crippen molar-refractivity contribution in [1.29, 1.82) is 0 Å². The van der Waals surface area contributed by atoms with E-state index in [1.54, 1.807) is 7.11 Å². The topological polar surface area (TPSA) is 47.4 Å². The standard InChI is InChI=1S/C26H25N3O2/c1-31-24-14-8-7-13-23(24)29-18-20(17-25(29)30)26-27-21-11-5-6-12-22(21)28(26)16-15-19-9-3-2-4-10-19/h2-14,20H,15-18H2,1H3/t20-/m0/s1. The van der Waals surface area contributed by atoms with Crippen LogP contribution in [0.1, 0.15) is 23.7 Å². The number of carbonyl (C=O) groups excluding carboxylic acids is 1. The van der Waals surface area contributed by atoms with Gasteiger partial charge in [0.25, 0.3) is 0 Å². The number of hydrogen-bond acceptors (Lipinski definition) is 3. The third-order valence-corrected chi connectivity index (χ3v) is 6.02. The zero-order valence-corrected chi connectivity index (χ0v) is 17.6. The molecule has 2 heterocycles. The van der Waals surface area contributed by atoms with Crippen molar-refractivity contribution in [3.8, 4) is 5.75 Å². The van der Waals surface area contributed by atoms with Crippen molar-refractivity contribution in [2.45, 2.75) is 25.3 Å². The molecule has 5 nitrogen and oxygen atoms in total. The summed E-state index contributed by atoms with van der Waals surface area (Å²) in [4.78, 5) is 19.8. The van der Waals surface area contributed by atoms with E-state index >= 15 is 0 Å². The molecule has 0 unspecified atom stereocenters. The Balaban J connectivity index is 1.48. The van der Waals surface area contributed by atoms with Gasteiger partial charge in [0.1, 0.15) is 11.6 Å². The van der Waals surface area contributed by atoms with Gasteiger partial charge >= 0.3 is 0 Å². The number of methoxy groups -OCH3 is 1. The fraction of sp³-hybridized carbons (Fsp3) is 0.231. The summed E-state index contributed by atoms with van der Waals surface area (Å²) in [5.74, 6) is 1.86. The molecule has 1 atom stereocenters. The van der Waals surface area contributed by atoms with Crippen molar-refractivity contribution in [1.82, 2.24) is 9.55 Å². The summed E-state index contributed by atoms with van der Waals surface area (Å²) in [6.45, 7) is 1.44. The number of rotatable bonds is 6. The predicted molar refractivity (Wildman–Crippen MR) is 123 cm³/mol. The van der Waals surface area contributed by atoms with E-state index in [4.69, 9.17) is 9.72 Å². The number of anilines is 1. The molecule has 5 rings (SSSR count). The van der Waals surface area contributed by atoms with Gasteiger partial charge in [-0.2, -0.15) is 0 Å². The Labute approximate surface area is 181 Å². The highest BCUT2D eigenvalue weighted by molar-refractivity contribution is 5.97. The summed E-state index contributed by atoms with van der Waals surface area (Å²) in [6.07, 6.45) is 1.37. The van der Waals surface area contributed by atoms with E-state index in [0.29, 0.717) is 18.7 Å². The lowest BCUT2D eigenvalue weighted by Gasteiger charge is -2.19. The van der Waals surface area contributed by atoms with Gasteiger partial charge in [0.15, 0.2) is 0 Å². The van der Waals surface area contributed by atoms with E-state index in [0.717, 1.165) is 35.5 Å². The second kappa shape index (κ2) is 8.26. The maximum Gasteiger partial charge on any atom is 0.227 e. The Bertz CT molecular complexity index is 1220. The summed E-state index contributed by atoms with van der Waals surface area (Å²) < 4.78 is 7.79. The molecule has 0 bridgehead atoms. The van der Waals surface area contributed by atoms with Crippen LogP contribution in [0.2, 0.25) is 0 Å². The Morgan fingerprint density at radius 1 is 0.968 bits per heavy atom. The maximum absolute atomic E-state index is 13.0. The van der Waals surface area contributed by atoms with Crippen molar-refractivity contribution < 1.29 is 9.53 Å². The van der Waals surface area contributed by atoms with Gasteiger partial charge in [0.05, 0.1) is 23.8 Å². The van der Waals surface area contributed by atoms with Crippen LogP contribution in [0.3, 0.4) is 0 Å². The van der Waals surface area contributed by atoms with Gasteiger partial charge in [-0.3, -0.25) is 4.79 Å². The van der Waals surface area contributed by atoms with Crippen LogP contribution in [0, 0.1) is 0 Å². The first-order chi connectivity index (χ1) is 15.2. The second-order valence-electron chi connectivity index (χ2n) is 7.92. The van der Waals surface area contributed by atoms with Crippen molar-refractivity contribution in [3.63, 3.8) is 0 Å². The molecule has 1 amide bonds. The Hall–Kier alpha value is -3.60. The van der Waals surface area contributed by atoms with Crippen molar-refractivity contribution in [2.24, 2.45) is 0 Å². The molecule has 0 aliphatic carbocycles. The van der Waals surface area contributed by atoms with Gasteiger partial charge in [-0.05, 0) is 36.2 Å². The third-order valence-electron chi connectivity index (χ3n) is 6.02. The molecule has 1 saturated heterocycles. The number of fused-ring (bicyclic) bond motifs is 1. The average molecular weight is 412 g/mol. The van der Waals surface area contributed by atoms with Crippen LogP contribution in [0.4, 0.5) is 5.69 Å². The number of aromatic nitrogens is 2. The molecule has 0 N–H and O–H groups in total. The van der Waals surface area contributed by atoms with Gasteiger partial charge < -0.3 is 14.2 Å². The molecule has 0 radical (unpaired) electrons. The normalized spacial score (nSPS) is 16.2. The smallest absolute Gasteiger partial charge is 0.227 e. The Morgan fingerprint density at radius 3 is 2.55 bits per heavy atom. The molecule has 0 spiro atoms.